The maximum atomic E-state index is 11.3. The highest BCUT2D eigenvalue weighted by atomic mass is 16.5. The van der Waals surface area contributed by atoms with Crippen LogP contribution in [0, 0.1) is 11.8 Å². The van der Waals surface area contributed by atoms with Gasteiger partial charge in [0.25, 0.3) is 0 Å². The molecule has 1 unspecified atom stereocenters. The average Bonchev–Trinajstić information content (AvgIpc) is 3.16. The van der Waals surface area contributed by atoms with Gasteiger partial charge in [-0.25, -0.2) is 0 Å². The van der Waals surface area contributed by atoms with E-state index in [1.165, 1.54) is 11.1 Å². The zero-order chi connectivity index (χ0) is 24.0. The Bertz CT molecular complexity index is 1040. The summed E-state index contributed by atoms with van der Waals surface area (Å²) in [6.07, 6.45) is 2.18. The van der Waals surface area contributed by atoms with Crippen molar-refractivity contribution in [1.29, 1.82) is 0 Å². The molecule has 1 aliphatic heterocycles. The first kappa shape index (κ1) is 23.3. The van der Waals surface area contributed by atoms with Crippen LogP contribution in [0.15, 0.2) is 42.5 Å². The van der Waals surface area contributed by atoms with Crippen molar-refractivity contribution in [3.63, 3.8) is 0 Å². The first-order valence-electron chi connectivity index (χ1n) is 12.4. The highest BCUT2D eigenvalue weighted by Gasteiger charge is 2.63. The van der Waals surface area contributed by atoms with Crippen molar-refractivity contribution in [2.75, 3.05) is 13.2 Å². The smallest absolute Gasteiger partial charge is 0.311 e. The van der Waals surface area contributed by atoms with Crippen molar-refractivity contribution in [2.24, 2.45) is 11.8 Å². The van der Waals surface area contributed by atoms with Gasteiger partial charge in [0.15, 0.2) is 0 Å². The summed E-state index contributed by atoms with van der Waals surface area (Å²) in [6.45, 7) is 7.03. The number of aliphatic hydroxyl groups excluding tert-OH is 1. The lowest BCUT2D eigenvalue weighted by atomic mass is 9.88. The lowest BCUT2D eigenvalue weighted by Crippen LogP contribution is -2.45. The van der Waals surface area contributed by atoms with Gasteiger partial charge in [0.05, 0.1) is 18.8 Å². The normalized spacial score (nSPS) is 24.6. The summed E-state index contributed by atoms with van der Waals surface area (Å²) in [4.78, 5) is 11.3. The van der Waals surface area contributed by atoms with Gasteiger partial charge in [-0.3, -0.25) is 4.79 Å². The minimum atomic E-state index is -0.800. The molecule has 0 amide bonds. The molecule has 6 heteroatoms. The van der Waals surface area contributed by atoms with Crippen LogP contribution in [0.4, 0.5) is 0 Å². The number of aliphatic carboxylic acids is 1. The molecule has 0 spiro atoms. The molecule has 0 radical (unpaired) electrons. The van der Waals surface area contributed by atoms with E-state index in [9.17, 15) is 15.0 Å². The van der Waals surface area contributed by atoms with Crippen LogP contribution in [0.1, 0.15) is 61.5 Å². The maximum absolute atomic E-state index is 11.3. The molecule has 5 rings (SSSR count). The van der Waals surface area contributed by atoms with E-state index in [0.717, 1.165) is 36.1 Å². The molecule has 2 aliphatic carbocycles. The number of β-amino-alcohol motifs (C(OH)–C–C–N with tert-alkyl or cyclic N) is 1. The number of carboxylic acids is 1. The van der Waals surface area contributed by atoms with E-state index >= 15 is 0 Å². The van der Waals surface area contributed by atoms with Crippen LogP contribution >= 0.6 is 0 Å². The van der Waals surface area contributed by atoms with Crippen LogP contribution in [0.25, 0.3) is 0 Å². The summed E-state index contributed by atoms with van der Waals surface area (Å²) in [7, 11) is 0. The number of carboxylic acid groups (broad SMARTS) is 1. The summed E-state index contributed by atoms with van der Waals surface area (Å²) >= 11 is 0. The van der Waals surface area contributed by atoms with Crippen LogP contribution in [0.2, 0.25) is 0 Å². The second-order valence-electron chi connectivity index (χ2n) is 10.9. The van der Waals surface area contributed by atoms with Crippen LogP contribution in [0.5, 0.6) is 5.75 Å². The van der Waals surface area contributed by atoms with Gasteiger partial charge in [0, 0.05) is 29.1 Å². The molecule has 34 heavy (non-hydrogen) atoms. The molecule has 0 saturated heterocycles. The number of hydrogen-bond acceptors (Lipinski definition) is 5. The molecule has 0 aromatic heterocycles. The molecular formula is C28H35NO5. The molecule has 6 nitrogen and oxygen atoms in total. The van der Waals surface area contributed by atoms with Gasteiger partial charge < -0.3 is 25.0 Å². The maximum Gasteiger partial charge on any atom is 0.311 e. The monoisotopic (exact) mass is 465 g/mol. The zero-order valence-corrected chi connectivity index (χ0v) is 20.2. The lowest BCUT2D eigenvalue weighted by molar-refractivity contribution is -0.139. The number of para-hydroxylation sites is 1. The van der Waals surface area contributed by atoms with Gasteiger partial charge in [0.1, 0.15) is 17.8 Å². The van der Waals surface area contributed by atoms with Gasteiger partial charge in [0.2, 0.25) is 0 Å². The van der Waals surface area contributed by atoms with E-state index in [2.05, 4.69) is 43.4 Å². The van der Waals surface area contributed by atoms with Crippen LogP contribution in [0.3, 0.4) is 0 Å². The largest absolute Gasteiger partial charge is 0.488 e. The molecule has 1 saturated carbocycles. The van der Waals surface area contributed by atoms with Gasteiger partial charge in [-0.15, -0.1) is 0 Å². The fourth-order valence-corrected chi connectivity index (χ4v) is 5.91. The summed E-state index contributed by atoms with van der Waals surface area (Å²) < 4.78 is 12.0. The molecular weight excluding hydrogens is 430 g/mol. The van der Waals surface area contributed by atoms with Gasteiger partial charge in [-0.05, 0) is 57.1 Å². The number of aliphatic hydroxyl groups is 1. The molecule has 0 bridgehead atoms. The molecule has 1 heterocycles. The molecule has 2 aromatic rings. The van der Waals surface area contributed by atoms with Gasteiger partial charge >= 0.3 is 5.97 Å². The predicted octanol–water partition coefficient (Wildman–Crippen LogP) is 3.86. The number of hydrogen-bond donors (Lipinski definition) is 3. The third-order valence-electron chi connectivity index (χ3n) is 7.66. The summed E-state index contributed by atoms with van der Waals surface area (Å²) in [5.74, 6) is 0.0959. The summed E-state index contributed by atoms with van der Waals surface area (Å²) in [5, 5.41) is 23.4. The van der Waals surface area contributed by atoms with E-state index in [-0.39, 0.29) is 30.3 Å². The fourth-order valence-electron chi connectivity index (χ4n) is 5.91. The molecule has 1 fully saturated rings. The van der Waals surface area contributed by atoms with Crippen molar-refractivity contribution in [2.45, 2.75) is 69.8 Å². The number of ether oxygens (including phenoxy) is 2. The molecule has 5 atom stereocenters. The fraction of sp³-hybridized carbons (Fsp3) is 0.536. The SMILES string of the molecule is C[C@@H](OCC(O)CNC(C)(C)CC1Cc2ccccc2C1)c1cccc2c1O[C@H]1[C@H](C(=O)O)[C@@H]21. The Morgan fingerprint density at radius 1 is 1.18 bits per heavy atom. The Hall–Kier alpha value is -2.41. The minimum absolute atomic E-state index is 0.0515. The van der Waals surface area contributed by atoms with Crippen molar-refractivity contribution in [3.8, 4) is 5.75 Å². The summed E-state index contributed by atoms with van der Waals surface area (Å²) in [5.41, 5.74) is 4.74. The second kappa shape index (κ2) is 8.99. The Morgan fingerprint density at radius 3 is 2.56 bits per heavy atom. The van der Waals surface area contributed by atoms with Crippen LogP contribution in [-0.4, -0.2) is 47.1 Å². The molecule has 3 aliphatic rings. The lowest BCUT2D eigenvalue weighted by Gasteiger charge is -2.31. The Labute approximate surface area is 201 Å². The van der Waals surface area contributed by atoms with Crippen molar-refractivity contribution >= 4 is 5.97 Å². The van der Waals surface area contributed by atoms with E-state index < -0.39 is 18.0 Å². The molecule has 2 aromatic carbocycles. The first-order chi connectivity index (χ1) is 16.2. The third-order valence-corrected chi connectivity index (χ3v) is 7.66. The highest BCUT2D eigenvalue weighted by Crippen LogP contribution is 2.59. The minimum Gasteiger partial charge on any atom is -0.488 e. The Morgan fingerprint density at radius 2 is 1.88 bits per heavy atom. The van der Waals surface area contributed by atoms with Crippen LogP contribution < -0.4 is 10.1 Å². The van der Waals surface area contributed by atoms with E-state index in [1.54, 1.807) is 0 Å². The zero-order valence-electron chi connectivity index (χ0n) is 20.2. The number of rotatable bonds is 10. The van der Waals surface area contributed by atoms with Crippen molar-refractivity contribution in [3.05, 3.63) is 64.7 Å². The molecule has 182 valence electrons. The Balaban J connectivity index is 1.09. The van der Waals surface area contributed by atoms with Crippen molar-refractivity contribution in [1.82, 2.24) is 5.32 Å². The average molecular weight is 466 g/mol. The molecule has 3 N–H and O–H groups in total. The number of nitrogens with one attached hydrogen (secondary N) is 1. The van der Waals surface area contributed by atoms with E-state index in [0.29, 0.717) is 12.5 Å². The standard InChI is InChI=1S/C28H35NO5/c1-16(21-9-6-10-22-23-24(27(31)32)26(23)34-25(21)22)33-15-20(30)14-29-28(2,3)13-17-11-18-7-4-5-8-19(18)12-17/h4-10,16-17,20,23-24,26,29-30H,11-15H2,1-3H3,(H,31,32)/t16-,20?,23-,24-,26-/m1/s1. The number of carbonyl (C=O) groups is 1. The topological polar surface area (TPSA) is 88.0 Å². The van der Waals surface area contributed by atoms with Crippen molar-refractivity contribution < 1.29 is 24.5 Å². The number of fused-ring (bicyclic) bond motifs is 4. The van der Waals surface area contributed by atoms with Gasteiger partial charge in [-0.2, -0.15) is 0 Å². The quantitative estimate of drug-likeness (QED) is 0.494. The summed E-state index contributed by atoms with van der Waals surface area (Å²) in [6, 6.07) is 14.5. The highest BCUT2D eigenvalue weighted by molar-refractivity contribution is 5.79. The number of benzene rings is 2. The third kappa shape index (κ3) is 4.59. The van der Waals surface area contributed by atoms with E-state index in [4.69, 9.17) is 9.47 Å². The van der Waals surface area contributed by atoms with E-state index in [1.807, 2.05) is 25.1 Å². The van der Waals surface area contributed by atoms with Crippen LogP contribution in [-0.2, 0) is 22.4 Å². The van der Waals surface area contributed by atoms with Gasteiger partial charge in [-0.1, -0.05) is 42.5 Å². The first-order valence-corrected chi connectivity index (χ1v) is 12.4. The Kier molecular flexibility index (Phi) is 6.17. The predicted molar refractivity (Wildman–Crippen MR) is 129 cm³/mol. The second-order valence-corrected chi connectivity index (χ2v) is 10.9.